The first-order valence-electron chi connectivity index (χ1n) is 4.20. The maximum Gasteiger partial charge on any atom is 0.109 e. The van der Waals surface area contributed by atoms with E-state index in [2.05, 4.69) is 0 Å². The topological polar surface area (TPSA) is 69.9 Å². The van der Waals surface area contributed by atoms with Gasteiger partial charge in [-0.25, -0.2) is 0 Å². The molecule has 72 valence electrons. The maximum atomic E-state index is 9.48. The van der Waals surface area contributed by atoms with Crippen LogP contribution in [0.4, 0.5) is 0 Å². The van der Waals surface area contributed by atoms with Gasteiger partial charge in [0, 0.05) is 5.92 Å². The predicted octanol–water partition coefficient (Wildman–Crippen LogP) is -0.876. The summed E-state index contributed by atoms with van der Waals surface area (Å²) >= 11 is 0. The zero-order chi connectivity index (χ0) is 9.30. The van der Waals surface area contributed by atoms with Crippen LogP contribution in [0.5, 0.6) is 0 Å². The van der Waals surface area contributed by atoms with Crippen LogP contribution in [0.1, 0.15) is 13.8 Å². The van der Waals surface area contributed by atoms with Gasteiger partial charge in [0.15, 0.2) is 0 Å². The van der Waals surface area contributed by atoms with Gasteiger partial charge in [-0.2, -0.15) is 0 Å². The van der Waals surface area contributed by atoms with E-state index < -0.39 is 18.3 Å². The zero-order valence-corrected chi connectivity index (χ0v) is 7.34. The molecular weight excluding hydrogens is 160 g/mol. The van der Waals surface area contributed by atoms with E-state index in [4.69, 9.17) is 9.84 Å². The second-order valence-electron chi connectivity index (χ2n) is 3.40. The molecule has 1 rings (SSSR count). The van der Waals surface area contributed by atoms with Gasteiger partial charge >= 0.3 is 0 Å². The summed E-state index contributed by atoms with van der Waals surface area (Å²) in [4.78, 5) is 0. The molecule has 0 radical (unpaired) electrons. The number of ether oxygens (including phenoxy) is 1. The Kier molecular flexibility index (Phi) is 3.06. The molecule has 3 N–H and O–H groups in total. The lowest BCUT2D eigenvalue weighted by Crippen LogP contribution is -2.53. The first-order valence-corrected chi connectivity index (χ1v) is 4.20. The fourth-order valence-electron chi connectivity index (χ4n) is 1.44. The Morgan fingerprint density at radius 2 is 1.75 bits per heavy atom. The van der Waals surface area contributed by atoms with Crippen LogP contribution in [0.15, 0.2) is 0 Å². The fraction of sp³-hybridized carbons (Fsp3) is 1.00. The first kappa shape index (κ1) is 9.92. The SMILES string of the molecule is CC1C(O)[C@H](O)C(CO)O[C@@H]1C. The van der Waals surface area contributed by atoms with Gasteiger partial charge in [-0.05, 0) is 6.92 Å². The number of aliphatic hydroxyl groups is 3. The number of aliphatic hydroxyl groups excluding tert-OH is 3. The Hall–Kier alpha value is -0.160. The molecule has 4 nitrogen and oxygen atoms in total. The van der Waals surface area contributed by atoms with Crippen molar-refractivity contribution in [3.8, 4) is 0 Å². The molecule has 3 unspecified atom stereocenters. The average Bonchev–Trinajstić information content (AvgIpc) is 2.08. The molecule has 1 saturated heterocycles. The lowest BCUT2D eigenvalue weighted by atomic mass is 9.89. The van der Waals surface area contributed by atoms with Crippen molar-refractivity contribution in [1.82, 2.24) is 0 Å². The second-order valence-corrected chi connectivity index (χ2v) is 3.40. The molecule has 0 bridgehead atoms. The summed E-state index contributed by atoms with van der Waals surface area (Å²) in [5.74, 6) is -0.0946. The van der Waals surface area contributed by atoms with Crippen LogP contribution >= 0.6 is 0 Å². The van der Waals surface area contributed by atoms with E-state index in [0.717, 1.165) is 0 Å². The molecule has 0 aliphatic carbocycles. The summed E-state index contributed by atoms with van der Waals surface area (Å²) in [5, 5.41) is 27.7. The third-order valence-electron chi connectivity index (χ3n) is 2.58. The van der Waals surface area contributed by atoms with Crippen molar-refractivity contribution in [3.63, 3.8) is 0 Å². The summed E-state index contributed by atoms with van der Waals surface area (Å²) in [7, 11) is 0. The molecule has 12 heavy (non-hydrogen) atoms. The second kappa shape index (κ2) is 3.70. The van der Waals surface area contributed by atoms with E-state index in [-0.39, 0.29) is 18.6 Å². The summed E-state index contributed by atoms with van der Waals surface area (Å²) in [6, 6.07) is 0. The van der Waals surface area contributed by atoms with Crippen LogP contribution in [-0.2, 0) is 4.74 Å². The molecule has 0 aromatic rings. The van der Waals surface area contributed by atoms with E-state index in [1.165, 1.54) is 0 Å². The lowest BCUT2D eigenvalue weighted by molar-refractivity contribution is -0.200. The molecule has 5 atom stereocenters. The van der Waals surface area contributed by atoms with E-state index in [1.54, 1.807) is 0 Å². The molecule has 1 fully saturated rings. The minimum absolute atomic E-state index is 0.0946. The van der Waals surface area contributed by atoms with Crippen molar-refractivity contribution in [2.24, 2.45) is 5.92 Å². The minimum atomic E-state index is -0.971. The predicted molar refractivity (Wildman–Crippen MR) is 42.6 cm³/mol. The van der Waals surface area contributed by atoms with Gasteiger partial charge in [-0.3, -0.25) is 0 Å². The Labute approximate surface area is 71.8 Å². The molecular formula is C8H16O4. The Bertz CT molecular complexity index is 145. The van der Waals surface area contributed by atoms with Crippen molar-refractivity contribution >= 4 is 0 Å². The van der Waals surface area contributed by atoms with E-state index in [0.29, 0.717) is 0 Å². The van der Waals surface area contributed by atoms with Crippen LogP contribution in [-0.4, -0.2) is 46.3 Å². The molecule has 1 aliphatic heterocycles. The van der Waals surface area contributed by atoms with E-state index in [1.807, 2.05) is 13.8 Å². The summed E-state index contributed by atoms with van der Waals surface area (Å²) in [6.07, 6.45) is -2.54. The summed E-state index contributed by atoms with van der Waals surface area (Å²) in [5.41, 5.74) is 0. The van der Waals surface area contributed by atoms with Gasteiger partial charge in [0.05, 0.1) is 18.8 Å². The highest BCUT2D eigenvalue weighted by Gasteiger charge is 2.39. The number of hydrogen-bond acceptors (Lipinski definition) is 4. The molecule has 0 spiro atoms. The van der Waals surface area contributed by atoms with Gasteiger partial charge in [-0.15, -0.1) is 0 Å². The summed E-state index contributed by atoms with van der Waals surface area (Å²) in [6.45, 7) is 3.38. The van der Waals surface area contributed by atoms with Crippen molar-refractivity contribution < 1.29 is 20.1 Å². The van der Waals surface area contributed by atoms with Crippen LogP contribution in [0.25, 0.3) is 0 Å². The maximum absolute atomic E-state index is 9.48. The largest absolute Gasteiger partial charge is 0.394 e. The molecule has 1 aliphatic rings. The highest BCUT2D eigenvalue weighted by molar-refractivity contribution is 4.87. The highest BCUT2D eigenvalue weighted by atomic mass is 16.5. The van der Waals surface area contributed by atoms with Gasteiger partial charge in [0.2, 0.25) is 0 Å². The van der Waals surface area contributed by atoms with Crippen LogP contribution in [0.3, 0.4) is 0 Å². The average molecular weight is 176 g/mol. The van der Waals surface area contributed by atoms with Crippen molar-refractivity contribution in [3.05, 3.63) is 0 Å². The normalized spacial score (nSPS) is 49.2. The molecule has 1 heterocycles. The summed E-state index contributed by atoms with van der Waals surface area (Å²) < 4.78 is 5.27. The van der Waals surface area contributed by atoms with E-state index in [9.17, 15) is 10.2 Å². The molecule has 0 aromatic heterocycles. The first-order chi connectivity index (χ1) is 5.57. The van der Waals surface area contributed by atoms with Crippen LogP contribution in [0, 0.1) is 5.92 Å². The third-order valence-corrected chi connectivity index (χ3v) is 2.58. The number of rotatable bonds is 1. The zero-order valence-electron chi connectivity index (χ0n) is 7.34. The molecule has 0 aromatic carbocycles. The lowest BCUT2D eigenvalue weighted by Gasteiger charge is -2.39. The van der Waals surface area contributed by atoms with Crippen LogP contribution < -0.4 is 0 Å². The smallest absolute Gasteiger partial charge is 0.109 e. The molecule has 0 amide bonds. The fourth-order valence-corrected chi connectivity index (χ4v) is 1.44. The van der Waals surface area contributed by atoms with Crippen molar-refractivity contribution in [2.45, 2.75) is 38.3 Å². The third kappa shape index (κ3) is 1.61. The van der Waals surface area contributed by atoms with Gasteiger partial charge in [0.1, 0.15) is 12.2 Å². The quantitative estimate of drug-likeness (QED) is 0.485. The van der Waals surface area contributed by atoms with Crippen molar-refractivity contribution in [1.29, 1.82) is 0 Å². The molecule has 0 saturated carbocycles. The molecule has 4 heteroatoms. The monoisotopic (exact) mass is 176 g/mol. The number of hydrogen-bond donors (Lipinski definition) is 3. The Morgan fingerprint density at radius 1 is 1.17 bits per heavy atom. The minimum Gasteiger partial charge on any atom is -0.394 e. The van der Waals surface area contributed by atoms with Gasteiger partial charge < -0.3 is 20.1 Å². The Morgan fingerprint density at radius 3 is 2.25 bits per heavy atom. The highest BCUT2D eigenvalue weighted by Crippen LogP contribution is 2.25. The Balaban J connectivity index is 2.63. The standard InChI is InChI=1S/C8H16O4/c1-4-5(2)12-6(3-9)8(11)7(4)10/h4-11H,3H2,1-2H3/t4?,5-,6?,7?,8-/m1/s1. The van der Waals surface area contributed by atoms with Gasteiger partial charge in [-0.1, -0.05) is 6.92 Å². The van der Waals surface area contributed by atoms with Gasteiger partial charge in [0.25, 0.3) is 0 Å². The van der Waals surface area contributed by atoms with Crippen molar-refractivity contribution in [2.75, 3.05) is 6.61 Å². The van der Waals surface area contributed by atoms with Crippen LogP contribution in [0.2, 0.25) is 0 Å². The van der Waals surface area contributed by atoms with E-state index >= 15 is 0 Å².